The van der Waals surface area contributed by atoms with Gasteiger partial charge in [0.15, 0.2) is 6.10 Å². The second-order valence-electron chi connectivity index (χ2n) is 8.17. The molecule has 0 aromatic carbocycles. The molecule has 0 saturated carbocycles. The first kappa shape index (κ1) is 18.8. The van der Waals surface area contributed by atoms with Crippen LogP contribution in [0.25, 0.3) is 0 Å². The quantitative estimate of drug-likeness (QED) is 0.741. The Kier molecular flexibility index (Phi) is 4.89. The van der Waals surface area contributed by atoms with Gasteiger partial charge in [0, 0.05) is 58.0 Å². The van der Waals surface area contributed by atoms with Gasteiger partial charge in [-0.15, -0.1) is 0 Å². The number of nitrogens with zero attached hydrogens (tertiary/aromatic N) is 6. The Morgan fingerprint density at radius 2 is 1.90 bits per heavy atom. The molecular formula is C20H28N6O3. The Morgan fingerprint density at radius 3 is 2.62 bits per heavy atom. The number of amides is 1. The second-order valence-corrected chi connectivity index (χ2v) is 8.17. The van der Waals surface area contributed by atoms with Crippen LogP contribution >= 0.6 is 0 Å². The number of morpholine rings is 1. The Bertz CT molecular complexity index is 863. The van der Waals surface area contributed by atoms with E-state index >= 15 is 0 Å². The summed E-state index contributed by atoms with van der Waals surface area (Å²) in [5, 5.41) is 0. The molecule has 2 aromatic rings. The van der Waals surface area contributed by atoms with Crippen LogP contribution < -0.4 is 0 Å². The summed E-state index contributed by atoms with van der Waals surface area (Å²) in [5.74, 6) is 2.09. The fourth-order valence-electron chi connectivity index (χ4n) is 4.68. The molecule has 0 radical (unpaired) electrons. The van der Waals surface area contributed by atoms with Gasteiger partial charge in [-0.2, -0.15) is 0 Å². The van der Waals surface area contributed by atoms with Crippen molar-refractivity contribution in [1.29, 1.82) is 0 Å². The fraction of sp³-hybridized carbons (Fsp3) is 0.650. The van der Waals surface area contributed by atoms with Crippen LogP contribution in [0.1, 0.15) is 24.5 Å². The normalized spacial score (nSPS) is 24.6. The molecule has 0 unspecified atom stereocenters. The molecule has 9 heteroatoms. The van der Waals surface area contributed by atoms with Gasteiger partial charge in [0.05, 0.1) is 26.3 Å². The van der Waals surface area contributed by atoms with Gasteiger partial charge in [-0.1, -0.05) is 0 Å². The van der Waals surface area contributed by atoms with Crippen molar-refractivity contribution in [2.45, 2.75) is 37.6 Å². The maximum atomic E-state index is 13.1. The molecule has 156 valence electrons. The largest absolute Gasteiger partial charge is 0.378 e. The minimum absolute atomic E-state index is 0.0717. The van der Waals surface area contributed by atoms with Crippen LogP contribution in [0.2, 0.25) is 0 Å². The molecule has 29 heavy (non-hydrogen) atoms. The van der Waals surface area contributed by atoms with Crippen LogP contribution in [-0.4, -0.2) is 80.3 Å². The van der Waals surface area contributed by atoms with E-state index in [1.54, 1.807) is 0 Å². The van der Waals surface area contributed by atoms with E-state index in [9.17, 15) is 4.79 Å². The minimum Gasteiger partial charge on any atom is -0.378 e. The van der Waals surface area contributed by atoms with Gasteiger partial charge < -0.3 is 23.5 Å². The third-order valence-electron chi connectivity index (χ3n) is 6.40. The molecule has 3 aliphatic heterocycles. The number of hydrogen-bond donors (Lipinski definition) is 0. The number of likely N-dealkylation sites (tertiary alicyclic amines) is 1. The van der Waals surface area contributed by atoms with E-state index in [4.69, 9.17) is 9.47 Å². The molecule has 2 fully saturated rings. The highest BCUT2D eigenvalue weighted by atomic mass is 16.5. The molecule has 5 heterocycles. The summed E-state index contributed by atoms with van der Waals surface area (Å²) >= 11 is 0. The second kappa shape index (κ2) is 7.55. The zero-order chi connectivity index (χ0) is 19.8. The molecule has 9 nitrogen and oxygen atoms in total. The van der Waals surface area contributed by atoms with Gasteiger partial charge in [-0.05, 0) is 12.8 Å². The average molecular weight is 400 g/mol. The maximum Gasteiger partial charge on any atom is 0.253 e. The van der Waals surface area contributed by atoms with E-state index in [1.165, 1.54) is 0 Å². The van der Waals surface area contributed by atoms with E-state index in [0.29, 0.717) is 32.8 Å². The van der Waals surface area contributed by atoms with E-state index in [1.807, 2.05) is 36.7 Å². The van der Waals surface area contributed by atoms with Gasteiger partial charge in [0.25, 0.3) is 5.91 Å². The summed E-state index contributed by atoms with van der Waals surface area (Å²) in [6.45, 7) is 5.61. The third-order valence-corrected chi connectivity index (χ3v) is 6.40. The molecule has 1 atom stereocenters. The fourth-order valence-corrected chi connectivity index (χ4v) is 4.68. The number of carbonyl (C=O) groups is 1. The highest BCUT2D eigenvalue weighted by molar-refractivity contribution is 5.81. The molecule has 2 aromatic heterocycles. The Balaban J connectivity index is 1.31. The first-order valence-corrected chi connectivity index (χ1v) is 10.4. The first-order valence-electron chi connectivity index (χ1n) is 10.4. The molecule has 1 amide bonds. The number of fused-ring (bicyclic) bond motifs is 2. The van der Waals surface area contributed by atoms with Crippen LogP contribution in [0.4, 0.5) is 0 Å². The van der Waals surface area contributed by atoms with E-state index in [-0.39, 0.29) is 5.91 Å². The number of hydrogen-bond acceptors (Lipinski definition) is 6. The topological polar surface area (TPSA) is 77.6 Å². The summed E-state index contributed by atoms with van der Waals surface area (Å²) in [6.07, 6.45) is 8.79. The number of ether oxygens (including phenoxy) is 2. The van der Waals surface area contributed by atoms with Gasteiger partial charge in [0.1, 0.15) is 17.2 Å². The summed E-state index contributed by atoms with van der Waals surface area (Å²) in [5.41, 5.74) is -0.494. The molecule has 2 saturated heterocycles. The summed E-state index contributed by atoms with van der Waals surface area (Å²) in [4.78, 5) is 26.4. The predicted octanol–water partition coefficient (Wildman–Crippen LogP) is 0.366. The van der Waals surface area contributed by atoms with Crippen molar-refractivity contribution in [3.05, 3.63) is 36.4 Å². The van der Waals surface area contributed by atoms with Crippen molar-refractivity contribution in [3.8, 4) is 0 Å². The first-order chi connectivity index (χ1) is 14.1. The number of carbonyl (C=O) groups excluding carboxylic acids is 1. The van der Waals surface area contributed by atoms with Crippen LogP contribution in [0.5, 0.6) is 0 Å². The molecular weight excluding hydrogens is 372 g/mol. The number of rotatable bonds is 3. The van der Waals surface area contributed by atoms with E-state index in [2.05, 4.69) is 24.0 Å². The lowest BCUT2D eigenvalue weighted by Crippen LogP contribution is -2.55. The highest BCUT2D eigenvalue weighted by Gasteiger charge is 2.47. The van der Waals surface area contributed by atoms with Crippen molar-refractivity contribution in [1.82, 2.24) is 28.9 Å². The van der Waals surface area contributed by atoms with E-state index in [0.717, 1.165) is 44.1 Å². The van der Waals surface area contributed by atoms with E-state index < -0.39 is 11.7 Å². The summed E-state index contributed by atoms with van der Waals surface area (Å²) in [7, 11) is 2.02. The van der Waals surface area contributed by atoms with Crippen LogP contribution in [0, 0.1) is 0 Å². The molecule has 3 aliphatic rings. The predicted molar refractivity (Wildman–Crippen MR) is 104 cm³/mol. The van der Waals surface area contributed by atoms with Crippen LogP contribution in [-0.2, 0) is 40.0 Å². The SMILES string of the molecule is Cn1ccnc1CN1CCC2(CC1)O[C@@H](C(=O)N1CCOCC1)Cn1ccnc12. The zero-order valence-electron chi connectivity index (χ0n) is 16.9. The van der Waals surface area contributed by atoms with Gasteiger partial charge in [-0.3, -0.25) is 9.69 Å². The number of piperidine rings is 1. The maximum absolute atomic E-state index is 13.1. The monoisotopic (exact) mass is 400 g/mol. The summed E-state index contributed by atoms with van der Waals surface area (Å²) < 4.78 is 16.1. The Morgan fingerprint density at radius 1 is 1.14 bits per heavy atom. The van der Waals surface area contributed by atoms with Crippen molar-refractivity contribution in [2.75, 3.05) is 39.4 Å². The van der Waals surface area contributed by atoms with Gasteiger partial charge >= 0.3 is 0 Å². The minimum atomic E-state index is -0.494. The van der Waals surface area contributed by atoms with Crippen molar-refractivity contribution in [3.63, 3.8) is 0 Å². The lowest BCUT2D eigenvalue weighted by Gasteiger charge is -2.46. The van der Waals surface area contributed by atoms with Crippen LogP contribution in [0.15, 0.2) is 24.8 Å². The lowest BCUT2D eigenvalue weighted by molar-refractivity contribution is -0.183. The number of aromatic nitrogens is 4. The summed E-state index contributed by atoms with van der Waals surface area (Å²) in [6, 6.07) is 0. The van der Waals surface area contributed by atoms with Gasteiger partial charge in [0.2, 0.25) is 0 Å². The smallest absolute Gasteiger partial charge is 0.253 e. The number of aryl methyl sites for hydroxylation is 1. The molecule has 0 aliphatic carbocycles. The molecule has 1 spiro atoms. The Labute approximate surface area is 170 Å². The molecule has 5 rings (SSSR count). The number of imidazole rings is 2. The van der Waals surface area contributed by atoms with Crippen molar-refractivity contribution >= 4 is 5.91 Å². The third kappa shape index (κ3) is 3.47. The lowest BCUT2D eigenvalue weighted by atomic mass is 9.88. The van der Waals surface area contributed by atoms with Crippen molar-refractivity contribution in [2.24, 2.45) is 7.05 Å². The zero-order valence-corrected chi connectivity index (χ0v) is 16.9. The van der Waals surface area contributed by atoms with Crippen molar-refractivity contribution < 1.29 is 14.3 Å². The molecule has 0 N–H and O–H groups in total. The molecule has 0 bridgehead atoms. The highest BCUT2D eigenvalue weighted by Crippen LogP contribution is 2.40. The Hall–Kier alpha value is -2.23. The van der Waals surface area contributed by atoms with Crippen LogP contribution in [0.3, 0.4) is 0 Å². The standard InChI is InChI=1S/C20H28N6O3/c1-23-8-4-21-17(23)15-24-6-2-20(3-7-24)19-22-5-9-26(19)14-16(29-20)18(27)25-10-12-28-13-11-25/h4-5,8-9,16H,2-3,6-7,10-15H2,1H3/t16-/m1/s1. The average Bonchev–Trinajstić information content (AvgIpc) is 3.39. The van der Waals surface area contributed by atoms with Gasteiger partial charge in [-0.25, -0.2) is 9.97 Å².